The zero-order valence-corrected chi connectivity index (χ0v) is 19.1. The first-order valence-electron chi connectivity index (χ1n) is 10.2. The number of carbonyl (C=O) groups is 1. The average molecular weight is 475 g/mol. The molecule has 4 rings (SSSR count). The molecule has 0 saturated heterocycles. The lowest BCUT2D eigenvalue weighted by atomic mass is 10.1. The Hall–Kier alpha value is -3.60. The molecule has 0 unspecified atom stereocenters. The second-order valence-electron chi connectivity index (χ2n) is 7.23. The van der Waals surface area contributed by atoms with Crippen LogP contribution >= 0.6 is 23.4 Å². The SMILES string of the molecule is N#Cc1ccc(-n2c(SCC(=O)NCCc3cccc(Cl)c3)nc3ccccc3c2=O)cc1. The summed E-state index contributed by atoms with van der Waals surface area (Å²) in [6.07, 6.45) is 0.668. The summed E-state index contributed by atoms with van der Waals surface area (Å²) in [6, 6.07) is 23.4. The van der Waals surface area contributed by atoms with Crippen LogP contribution in [0.25, 0.3) is 16.6 Å². The predicted molar refractivity (Wildman–Crippen MR) is 131 cm³/mol. The number of halogens is 1. The molecular weight excluding hydrogens is 456 g/mol. The number of nitrogens with one attached hydrogen (secondary N) is 1. The van der Waals surface area contributed by atoms with Crippen LogP contribution in [0.15, 0.2) is 82.7 Å². The van der Waals surface area contributed by atoms with Gasteiger partial charge in [0.25, 0.3) is 5.56 Å². The van der Waals surface area contributed by atoms with Gasteiger partial charge in [-0.3, -0.25) is 14.2 Å². The predicted octanol–water partition coefficient (Wildman–Crippen LogP) is 4.36. The molecule has 0 aliphatic rings. The van der Waals surface area contributed by atoms with Gasteiger partial charge in [-0.05, 0) is 60.5 Å². The Labute approximate surface area is 199 Å². The van der Waals surface area contributed by atoms with Crippen molar-refractivity contribution in [3.63, 3.8) is 0 Å². The number of hydrogen-bond donors (Lipinski definition) is 1. The summed E-state index contributed by atoms with van der Waals surface area (Å²) in [7, 11) is 0. The van der Waals surface area contributed by atoms with E-state index in [1.165, 1.54) is 16.3 Å². The second kappa shape index (κ2) is 10.3. The first-order chi connectivity index (χ1) is 16.0. The first-order valence-corrected chi connectivity index (χ1v) is 11.6. The molecule has 8 heteroatoms. The molecule has 0 saturated carbocycles. The number of benzene rings is 3. The number of amides is 1. The molecule has 3 aromatic carbocycles. The third-order valence-electron chi connectivity index (χ3n) is 4.96. The fourth-order valence-electron chi connectivity index (χ4n) is 3.34. The van der Waals surface area contributed by atoms with Crippen molar-refractivity contribution in [2.75, 3.05) is 12.3 Å². The van der Waals surface area contributed by atoms with Gasteiger partial charge in [-0.2, -0.15) is 5.26 Å². The third kappa shape index (κ3) is 5.43. The van der Waals surface area contributed by atoms with Crippen molar-refractivity contribution < 1.29 is 4.79 Å². The molecule has 6 nitrogen and oxygen atoms in total. The number of hydrogen-bond acceptors (Lipinski definition) is 5. The Morgan fingerprint density at radius 1 is 1.09 bits per heavy atom. The summed E-state index contributed by atoms with van der Waals surface area (Å²) in [6.45, 7) is 0.479. The highest BCUT2D eigenvalue weighted by Crippen LogP contribution is 2.21. The lowest BCUT2D eigenvalue weighted by Crippen LogP contribution is -2.28. The van der Waals surface area contributed by atoms with Crippen LogP contribution in [0.1, 0.15) is 11.1 Å². The average Bonchev–Trinajstić information content (AvgIpc) is 2.83. The van der Waals surface area contributed by atoms with Crippen molar-refractivity contribution in [1.82, 2.24) is 14.9 Å². The van der Waals surface area contributed by atoms with Crippen LogP contribution in [0.3, 0.4) is 0 Å². The molecule has 33 heavy (non-hydrogen) atoms. The molecule has 4 aromatic rings. The van der Waals surface area contributed by atoms with Crippen molar-refractivity contribution in [3.05, 3.63) is 99.3 Å². The Kier molecular flexibility index (Phi) is 7.08. The number of carbonyl (C=O) groups excluding carboxylic acids is 1. The molecule has 164 valence electrons. The highest BCUT2D eigenvalue weighted by Gasteiger charge is 2.15. The standard InChI is InChI=1S/C25H19ClN4O2S/c26-19-5-3-4-17(14-19)12-13-28-23(31)16-33-25-29-22-7-2-1-6-21(22)24(32)30(25)20-10-8-18(15-27)9-11-20/h1-11,14H,12-13,16H2,(H,28,31). The normalized spacial score (nSPS) is 10.7. The van der Waals surface area contributed by atoms with Crippen molar-refractivity contribution in [2.24, 2.45) is 0 Å². The van der Waals surface area contributed by atoms with Gasteiger partial charge in [-0.1, -0.05) is 47.6 Å². The fourth-order valence-corrected chi connectivity index (χ4v) is 4.40. The van der Waals surface area contributed by atoms with E-state index >= 15 is 0 Å². The summed E-state index contributed by atoms with van der Waals surface area (Å²) < 4.78 is 1.48. The molecule has 1 amide bonds. The van der Waals surface area contributed by atoms with E-state index in [4.69, 9.17) is 16.9 Å². The van der Waals surface area contributed by atoms with Crippen LogP contribution in [0.2, 0.25) is 5.02 Å². The van der Waals surface area contributed by atoms with E-state index in [1.54, 1.807) is 42.5 Å². The van der Waals surface area contributed by atoms with Crippen molar-refractivity contribution in [3.8, 4) is 11.8 Å². The molecule has 1 N–H and O–H groups in total. The van der Waals surface area contributed by atoms with Crippen LogP contribution in [0.4, 0.5) is 0 Å². The van der Waals surface area contributed by atoms with Crippen molar-refractivity contribution in [1.29, 1.82) is 5.26 Å². The van der Waals surface area contributed by atoms with E-state index in [0.717, 1.165) is 5.56 Å². The summed E-state index contributed by atoms with van der Waals surface area (Å²) in [5.74, 6) is -0.0489. The van der Waals surface area contributed by atoms with Gasteiger partial charge in [0.05, 0.1) is 34.0 Å². The monoisotopic (exact) mass is 474 g/mol. The van der Waals surface area contributed by atoms with E-state index in [9.17, 15) is 9.59 Å². The van der Waals surface area contributed by atoms with Gasteiger partial charge in [0.1, 0.15) is 0 Å². The Bertz CT molecular complexity index is 1410. The quantitative estimate of drug-likeness (QED) is 0.317. The molecule has 0 bridgehead atoms. The Morgan fingerprint density at radius 3 is 2.64 bits per heavy atom. The molecule has 0 spiro atoms. The summed E-state index contributed by atoms with van der Waals surface area (Å²) in [5.41, 5.74) is 2.46. The zero-order valence-electron chi connectivity index (χ0n) is 17.5. The number of para-hydroxylation sites is 1. The number of thioether (sulfide) groups is 1. The second-order valence-corrected chi connectivity index (χ2v) is 8.61. The van der Waals surface area contributed by atoms with E-state index in [0.29, 0.717) is 45.3 Å². The molecule has 1 aromatic heterocycles. The van der Waals surface area contributed by atoms with E-state index in [1.807, 2.05) is 30.3 Å². The zero-order chi connectivity index (χ0) is 23.2. The van der Waals surface area contributed by atoms with Crippen LogP contribution in [-0.4, -0.2) is 27.8 Å². The molecule has 1 heterocycles. The van der Waals surface area contributed by atoms with E-state index in [-0.39, 0.29) is 17.2 Å². The number of fused-ring (bicyclic) bond motifs is 1. The molecule has 0 atom stereocenters. The number of aromatic nitrogens is 2. The lowest BCUT2D eigenvalue weighted by molar-refractivity contribution is -0.118. The smallest absolute Gasteiger partial charge is 0.266 e. The minimum absolute atomic E-state index is 0.108. The van der Waals surface area contributed by atoms with Crippen LogP contribution in [0.5, 0.6) is 0 Å². The molecule has 0 aliphatic heterocycles. The molecule has 0 aliphatic carbocycles. The van der Waals surface area contributed by atoms with Gasteiger partial charge in [0.15, 0.2) is 5.16 Å². The summed E-state index contributed by atoms with van der Waals surface area (Å²) in [4.78, 5) is 30.3. The van der Waals surface area contributed by atoms with Gasteiger partial charge < -0.3 is 5.32 Å². The van der Waals surface area contributed by atoms with Crippen LogP contribution < -0.4 is 10.9 Å². The molecular formula is C25H19ClN4O2S. The Morgan fingerprint density at radius 2 is 1.88 bits per heavy atom. The van der Waals surface area contributed by atoms with Gasteiger partial charge in [-0.15, -0.1) is 0 Å². The minimum Gasteiger partial charge on any atom is -0.355 e. The fraction of sp³-hybridized carbons (Fsp3) is 0.120. The third-order valence-corrected chi connectivity index (χ3v) is 6.13. The maximum Gasteiger partial charge on any atom is 0.266 e. The van der Waals surface area contributed by atoms with Crippen LogP contribution in [0, 0.1) is 11.3 Å². The lowest BCUT2D eigenvalue weighted by Gasteiger charge is -2.13. The number of nitriles is 1. The van der Waals surface area contributed by atoms with E-state index < -0.39 is 0 Å². The summed E-state index contributed by atoms with van der Waals surface area (Å²) in [5, 5.41) is 13.5. The highest BCUT2D eigenvalue weighted by atomic mass is 35.5. The molecule has 0 fully saturated rings. The summed E-state index contributed by atoms with van der Waals surface area (Å²) >= 11 is 7.19. The Balaban J connectivity index is 1.53. The topological polar surface area (TPSA) is 87.8 Å². The minimum atomic E-state index is -0.228. The van der Waals surface area contributed by atoms with Gasteiger partial charge in [0, 0.05) is 11.6 Å². The maximum absolute atomic E-state index is 13.2. The van der Waals surface area contributed by atoms with Gasteiger partial charge in [-0.25, -0.2) is 4.98 Å². The van der Waals surface area contributed by atoms with Gasteiger partial charge in [0.2, 0.25) is 5.91 Å². The van der Waals surface area contributed by atoms with Gasteiger partial charge >= 0.3 is 0 Å². The highest BCUT2D eigenvalue weighted by molar-refractivity contribution is 7.99. The number of nitrogens with zero attached hydrogens (tertiary/aromatic N) is 3. The number of rotatable bonds is 7. The van der Waals surface area contributed by atoms with E-state index in [2.05, 4.69) is 16.4 Å². The van der Waals surface area contributed by atoms with Crippen LogP contribution in [-0.2, 0) is 11.2 Å². The first kappa shape index (κ1) is 22.6. The largest absolute Gasteiger partial charge is 0.355 e. The van der Waals surface area contributed by atoms with Crippen molar-refractivity contribution >= 4 is 40.2 Å². The molecule has 0 radical (unpaired) electrons. The maximum atomic E-state index is 13.2. The van der Waals surface area contributed by atoms with Crippen molar-refractivity contribution in [2.45, 2.75) is 11.6 Å².